The number of ether oxygens (including phenoxy) is 1. The highest BCUT2D eigenvalue weighted by Crippen LogP contribution is 2.45. The maximum atomic E-state index is 6.02. The lowest BCUT2D eigenvalue weighted by atomic mass is 9.78. The van der Waals surface area contributed by atoms with Crippen molar-refractivity contribution in [3.8, 4) is 0 Å². The van der Waals surface area contributed by atoms with E-state index < -0.39 is 0 Å². The quantitative estimate of drug-likeness (QED) is 0.694. The third-order valence-electron chi connectivity index (χ3n) is 3.23. The van der Waals surface area contributed by atoms with Crippen molar-refractivity contribution in [2.75, 3.05) is 13.1 Å². The number of likely N-dealkylation sites (N-methyl/N-ethyl adjacent to an activating group) is 1. The maximum Gasteiger partial charge on any atom is 0.0708 e. The molecule has 0 aromatic carbocycles. The highest BCUT2D eigenvalue weighted by Gasteiger charge is 2.44. The molecule has 0 radical (unpaired) electrons. The predicted molar refractivity (Wildman–Crippen MR) is 49.2 cm³/mol. The van der Waals surface area contributed by atoms with Crippen molar-refractivity contribution in [1.29, 1.82) is 0 Å². The molecule has 1 saturated carbocycles. The van der Waals surface area contributed by atoms with E-state index in [1.54, 1.807) is 0 Å². The van der Waals surface area contributed by atoms with Gasteiger partial charge in [-0.2, -0.15) is 0 Å². The third-order valence-corrected chi connectivity index (χ3v) is 3.23. The molecule has 2 nitrogen and oxygen atoms in total. The van der Waals surface area contributed by atoms with Crippen LogP contribution in [0, 0.1) is 0 Å². The fourth-order valence-corrected chi connectivity index (χ4v) is 2.28. The summed E-state index contributed by atoms with van der Waals surface area (Å²) >= 11 is 0. The zero-order valence-electron chi connectivity index (χ0n) is 7.94. The van der Waals surface area contributed by atoms with Crippen LogP contribution >= 0.6 is 0 Å². The van der Waals surface area contributed by atoms with E-state index in [2.05, 4.69) is 12.2 Å². The first-order valence-corrected chi connectivity index (χ1v) is 5.23. The van der Waals surface area contributed by atoms with Gasteiger partial charge in [-0.05, 0) is 38.6 Å². The molecule has 2 aliphatic rings. The molecule has 0 amide bonds. The molecular weight excluding hydrogens is 150 g/mol. The first-order valence-electron chi connectivity index (χ1n) is 5.23. The molecule has 1 atom stereocenters. The van der Waals surface area contributed by atoms with Gasteiger partial charge in [0.15, 0.2) is 0 Å². The third kappa shape index (κ3) is 1.50. The summed E-state index contributed by atoms with van der Waals surface area (Å²) in [4.78, 5) is 0. The Morgan fingerprint density at radius 2 is 2.25 bits per heavy atom. The Kier molecular flexibility index (Phi) is 2.37. The van der Waals surface area contributed by atoms with Crippen LogP contribution in [0.2, 0.25) is 0 Å². The molecule has 70 valence electrons. The van der Waals surface area contributed by atoms with Crippen LogP contribution in [0.1, 0.15) is 39.0 Å². The van der Waals surface area contributed by atoms with E-state index in [0.29, 0.717) is 11.7 Å². The van der Waals surface area contributed by atoms with Crippen molar-refractivity contribution in [2.24, 2.45) is 0 Å². The number of nitrogens with one attached hydrogen (secondary N) is 1. The molecule has 1 aliphatic heterocycles. The van der Waals surface area contributed by atoms with Gasteiger partial charge in [0.25, 0.3) is 0 Å². The van der Waals surface area contributed by atoms with Gasteiger partial charge >= 0.3 is 0 Å². The standard InChI is InChI=1S/C10H19NO/c1-2-11-8-9-4-7-10(12-9)5-3-6-10/h9,11H,2-8H2,1H3. The van der Waals surface area contributed by atoms with E-state index in [-0.39, 0.29) is 0 Å². The Morgan fingerprint density at radius 3 is 2.75 bits per heavy atom. The average molecular weight is 169 g/mol. The van der Waals surface area contributed by atoms with Crippen LogP contribution < -0.4 is 5.32 Å². The molecule has 2 heteroatoms. The molecule has 2 fully saturated rings. The number of rotatable bonds is 3. The Morgan fingerprint density at radius 1 is 1.42 bits per heavy atom. The summed E-state index contributed by atoms with van der Waals surface area (Å²) in [6.07, 6.45) is 7.10. The van der Waals surface area contributed by atoms with Crippen LogP contribution in [0.4, 0.5) is 0 Å². The second kappa shape index (κ2) is 3.35. The van der Waals surface area contributed by atoms with Crippen molar-refractivity contribution >= 4 is 0 Å². The van der Waals surface area contributed by atoms with Crippen LogP contribution in [-0.2, 0) is 4.74 Å². The zero-order valence-corrected chi connectivity index (χ0v) is 7.94. The molecule has 1 saturated heterocycles. The van der Waals surface area contributed by atoms with Gasteiger partial charge in [-0.15, -0.1) is 0 Å². The minimum atomic E-state index is 0.347. The summed E-state index contributed by atoms with van der Waals surface area (Å²) in [6, 6.07) is 0. The molecule has 0 bridgehead atoms. The lowest BCUT2D eigenvalue weighted by molar-refractivity contribution is -0.0895. The fourth-order valence-electron chi connectivity index (χ4n) is 2.28. The maximum absolute atomic E-state index is 6.02. The van der Waals surface area contributed by atoms with Gasteiger partial charge in [0, 0.05) is 6.54 Å². The second-order valence-electron chi connectivity index (χ2n) is 4.12. The molecule has 1 spiro atoms. The Hall–Kier alpha value is -0.0800. The lowest BCUT2D eigenvalue weighted by Gasteiger charge is -2.38. The summed E-state index contributed by atoms with van der Waals surface area (Å²) in [5.74, 6) is 0. The highest BCUT2D eigenvalue weighted by molar-refractivity contribution is 4.95. The number of hydrogen-bond acceptors (Lipinski definition) is 2. The van der Waals surface area contributed by atoms with E-state index in [4.69, 9.17) is 4.74 Å². The molecule has 1 N–H and O–H groups in total. The monoisotopic (exact) mass is 169 g/mol. The average Bonchev–Trinajstić information content (AvgIpc) is 2.44. The molecule has 2 rings (SSSR count). The van der Waals surface area contributed by atoms with E-state index in [1.165, 1.54) is 32.1 Å². The second-order valence-corrected chi connectivity index (χ2v) is 4.12. The van der Waals surface area contributed by atoms with Gasteiger partial charge in [0.2, 0.25) is 0 Å². The van der Waals surface area contributed by atoms with Crippen LogP contribution in [0.25, 0.3) is 0 Å². The van der Waals surface area contributed by atoms with Crippen LogP contribution in [0.3, 0.4) is 0 Å². The normalized spacial score (nSPS) is 32.2. The minimum absolute atomic E-state index is 0.347. The highest BCUT2D eigenvalue weighted by atomic mass is 16.5. The molecular formula is C10H19NO. The van der Waals surface area contributed by atoms with Gasteiger partial charge < -0.3 is 10.1 Å². The molecule has 0 aromatic heterocycles. The summed E-state index contributed by atoms with van der Waals surface area (Å²) in [5.41, 5.74) is 0.347. The van der Waals surface area contributed by atoms with E-state index >= 15 is 0 Å². The van der Waals surface area contributed by atoms with Crippen molar-refractivity contribution in [3.63, 3.8) is 0 Å². The molecule has 12 heavy (non-hydrogen) atoms. The summed E-state index contributed by atoms with van der Waals surface area (Å²) in [5, 5.41) is 3.35. The zero-order chi connectivity index (χ0) is 8.44. The number of hydrogen-bond donors (Lipinski definition) is 1. The Balaban J connectivity index is 1.74. The fraction of sp³-hybridized carbons (Fsp3) is 1.00. The van der Waals surface area contributed by atoms with E-state index in [0.717, 1.165) is 13.1 Å². The van der Waals surface area contributed by atoms with Gasteiger partial charge in [0.1, 0.15) is 0 Å². The topological polar surface area (TPSA) is 21.3 Å². The molecule has 1 heterocycles. The van der Waals surface area contributed by atoms with E-state index in [9.17, 15) is 0 Å². The van der Waals surface area contributed by atoms with Crippen molar-refractivity contribution < 1.29 is 4.74 Å². The van der Waals surface area contributed by atoms with Gasteiger partial charge in [-0.3, -0.25) is 0 Å². The van der Waals surface area contributed by atoms with E-state index in [1.807, 2.05) is 0 Å². The Bertz CT molecular complexity index is 152. The Labute approximate surface area is 74.7 Å². The largest absolute Gasteiger partial charge is 0.370 e. The van der Waals surface area contributed by atoms with Crippen molar-refractivity contribution in [1.82, 2.24) is 5.32 Å². The van der Waals surface area contributed by atoms with Gasteiger partial charge in [-0.1, -0.05) is 6.92 Å². The van der Waals surface area contributed by atoms with Crippen LogP contribution in [0.15, 0.2) is 0 Å². The predicted octanol–water partition coefficient (Wildman–Crippen LogP) is 1.70. The van der Waals surface area contributed by atoms with Crippen LogP contribution in [0.5, 0.6) is 0 Å². The van der Waals surface area contributed by atoms with Crippen LogP contribution in [-0.4, -0.2) is 24.8 Å². The van der Waals surface area contributed by atoms with Crippen molar-refractivity contribution in [3.05, 3.63) is 0 Å². The lowest BCUT2D eigenvalue weighted by Crippen LogP contribution is -2.38. The summed E-state index contributed by atoms with van der Waals surface area (Å²) in [7, 11) is 0. The smallest absolute Gasteiger partial charge is 0.0708 e. The minimum Gasteiger partial charge on any atom is -0.370 e. The SMILES string of the molecule is CCNCC1CCC2(CCC2)O1. The summed E-state index contributed by atoms with van der Waals surface area (Å²) in [6.45, 7) is 4.26. The van der Waals surface area contributed by atoms with Gasteiger partial charge in [-0.25, -0.2) is 0 Å². The first-order chi connectivity index (χ1) is 5.85. The van der Waals surface area contributed by atoms with Gasteiger partial charge in [0.05, 0.1) is 11.7 Å². The summed E-state index contributed by atoms with van der Waals surface area (Å²) < 4.78 is 6.02. The molecule has 1 aliphatic carbocycles. The van der Waals surface area contributed by atoms with Crippen molar-refractivity contribution in [2.45, 2.75) is 50.7 Å². The molecule has 1 unspecified atom stereocenters. The first kappa shape index (κ1) is 8.52. The molecule has 0 aromatic rings.